The molecule has 1 aliphatic rings. The van der Waals surface area contributed by atoms with E-state index in [1.165, 1.54) is 5.56 Å². The van der Waals surface area contributed by atoms with Crippen LogP contribution in [0.25, 0.3) is 0 Å². The van der Waals surface area contributed by atoms with E-state index in [0.717, 1.165) is 5.56 Å². The van der Waals surface area contributed by atoms with E-state index in [4.69, 9.17) is 4.84 Å². The number of rotatable bonds is 4. The van der Waals surface area contributed by atoms with Crippen molar-refractivity contribution >= 4 is 10.0 Å². The van der Waals surface area contributed by atoms with Gasteiger partial charge in [0.2, 0.25) is 10.0 Å². The molecule has 1 aromatic carbocycles. The largest absolute Gasteiger partial charge is 0.297 e. The lowest BCUT2D eigenvalue weighted by Gasteiger charge is -2.27. The summed E-state index contributed by atoms with van der Waals surface area (Å²) in [5.74, 6) is 0.448. The van der Waals surface area contributed by atoms with Crippen LogP contribution in [0.5, 0.6) is 0 Å². The van der Waals surface area contributed by atoms with Gasteiger partial charge in [0.1, 0.15) is 5.25 Å². The smallest absolute Gasteiger partial charge is 0.219 e. The molecule has 0 radical (unpaired) electrons. The number of sulfonamides is 1. The number of hydroxylamine groups is 2. The normalized spacial score (nSPS) is 23.6. The molecule has 5 nitrogen and oxygen atoms in total. The summed E-state index contributed by atoms with van der Waals surface area (Å²) >= 11 is 0. The Labute approximate surface area is 140 Å². The van der Waals surface area contributed by atoms with Crippen LogP contribution in [-0.4, -0.2) is 37.9 Å². The van der Waals surface area contributed by atoms with E-state index in [1.807, 2.05) is 32.9 Å². The Morgan fingerprint density at radius 1 is 1.22 bits per heavy atom. The molecule has 1 fully saturated rings. The van der Waals surface area contributed by atoms with E-state index < -0.39 is 20.8 Å². The van der Waals surface area contributed by atoms with Gasteiger partial charge in [0, 0.05) is 12.6 Å². The Morgan fingerprint density at radius 2 is 1.78 bits per heavy atom. The minimum absolute atomic E-state index is 0.165. The van der Waals surface area contributed by atoms with Crippen molar-refractivity contribution in [3.05, 3.63) is 35.4 Å². The lowest BCUT2D eigenvalue weighted by atomic mass is 9.98. The summed E-state index contributed by atoms with van der Waals surface area (Å²) in [6.07, 6.45) is 0. The van der Waals surface area contributed by atoms with Gasteiger partial charge in [-0.2, -0.15) is 5.06 Å². The standard InChI is InChI=1S/C17H28N2O3S/c1-12(2)13-7-9-14(10-8-13)16-15(11-22-19(16)6)23(20,21)18-17(3,4)5/h7-10,12,15-16,18H,11H2,1-6H3. The highest BCUT2D eigenvalue weighted by atomic mass is 32.2. The topological polar surface area (TPSA) is 58.6 Å². The fourth-order valence-electron chi connectivity index (χ4n) is 2.86. The van der Waals surface area contributed by atoms with E-state index >= 15 is 0 Å². The molecule has 1 saturated heterocycles. The van der Waals surface area contributed by atoms with E-state index in [9.17, 15) is 8.42 Å². The molecule has 0 amide bonds. The monoisotopic (exact) mass is 340 g/mol. The van der Waals surface area contributed by atoms with Gasteiger partial charge in [-0.25, -0.2) is 13.1 Å². The summed E-state index contributed by atoms with van der Waals surface area (Å²) in [5.41, 5.74) is 1.69. The Kier molecular flexibility index (Phi) is 5.21. The predicted molar refractivity (Wildman–Crippen MR) is 92.6 cm³/mol. The van der Waals surface area contributed by atoms with Crippen molar-refractivity contribution in [2.45, 2.75) is 57.4 Å². The summed E-state index contributed by atoms with van der Waals surface area (Å²) in [4.78, 5) is 5.53. The van der Waals surface area contributed by atoms with Crippen LogP contribution in [-0.2, 0) is 14.9 Å². The van der Waals surface area contributed by atoms with Gasteiger partial charge in [0.25, 0.3) is 0 Å². The lowest BCUT2D eigenvalue weighted by molar-refractivity contribution is -0.110. The second kappa shape index (κ2) is 6.51. The molecule has 2 rings (SSSR count). The number of nitrogens with zero attached hydrogens (tertiary/aromatic N) is 1. The van der Waals surface area contributed by atoms with Crippen LogP contribution in [0.1, 0.15) is 57.7 Å². The molecule has 2 unspecified atom stereocenters. The highest BCUT2D eigenvalue weighted by Crippen LogP contribution is 2.34. The Balaban J connectivity index is 2.31. The van der Waals surface area contributed by atoms with Gasteiger partial charge in [-0.1, -0.05) is 38.1 Å². The van der Waals surface area contributed by atoms with Crippen molar-refractivity contribution in [2.75, 3.05) is 13.7 Å². The number of hydrogen-bond donors (Lipinski definition) is 1. The minimum Gasteiger partial charge on any atom is -0.297 e. The van der Waals surface area contributed by atoms with Gasteiger partial charge in [-0.15, -0.1) is 0 Å². The van der Waals surface area contributed by atoms with Gasteiger partial charge in [0.15, 0.2) is 0 Å². The van der Waals surface area contributed by atoms with Crippen LogP contribution in [0.3, 0.4) is 0 Å². The molecule has 130 valence electrons. The van der Waals surface area contributed by atoms with Crippen molar-refractivity contribution in [3.63, 3.8) is 0 Å². The third kappa shape index (κ3) is 4.32. The zero-order chi connectivity index (χ0) is 17.4. The molecule has 1 aromatic rings. The molecule has 23 heavy (non-hydrogen) atoms. The zero-order valence-corrected chi connectivity index (χ0v) is 15.6. The third-order valence-corrected chi connectivity index (χ3v) is 6.07. The van der Waals surface area contributed by atoms with Crippen molar-refractivity contribution < 1.29 is 13.3 Å². The maximum Gasteiger partial charge on any atom is 0.219 e. The first-order valence-corrected chi connectivity index (χ1v) is 9.54. The van der Waals surface area contributed by atoms with Crippen LogP contribution < -0.4 is 4.72 Å². The van der Waals surface area contributed by atoms with Gasteiger partial charge >= 0.3 is 0 Å². The van der Waals surface area contributed by atoms with Crippen molar-refractivity contribution in [1.29, 1.82) is 0 Å². The third-order valence-electron chi connectivity index (χ3n) is 3.98. The highest BCUT2D eigenvalue weighted by molar-refractivity contribution is 7.90. The van der Waals surface area contributed by atoms with Gasteiger partial charge < -0.3 is 0 Å². The van der Waals surface area contributed by atoms with E-state index in [0.29, 0.717) is 5.92 Å². The molecule has 1 N–H and O–H groups in total. The predicted octanol–water partition coefficient (Wildman–Crippen LogP) is 2.81. The molecule has 0 bridgehead atoms. The molecule has 0 aliphatic carbocycles. The molecule has 1 heterocycles. The SMILES string of the molecule is CC(C)c1ccc(C2C(S(=O)(=O)NC(C)(C)C)CON2C)cc1. The Bertz CT molecular complexity index is 633. The number of benzene rings is 1. The summed E-state index contributed by atoms with van der Waals surface area (Å²) in [7, 11) is -1.71. The van der Waals surface area contributed by atoms with Crippen molar-refractivity contribution in [1.82, 2.24) is 9.79 Å². The molecule has 6 heteroatoms. The number of hydrogen-bond acceptors (Lipinski definition) is 4. The molecule has 0 saturated carbocycles. The quantitative estimate of drug-likeness (QED) is 0.916. The molecule has 1 aliphatic heterocycles. The first-order valence-electron chi connectivity index (χ1n) is 7.99. The molecular weight excluding hydrogens is 312 g/mol. The minimum atomic E-state index is -3.49. The molecule has 0 aromatic heterocycles. The van der Waals surface area contributed by atoms with Crippen LogP contribution in [0.4, 0.5) is 0 Å². The first kappa shape index (κ1) is 18.4. The Hall–Kier alpha value is -0.950. The van der Waals surface area contributed by atoms with Crippen molar-refractivity contribution in [3.8, 4) is 0 Å². The second-order valence-corrected chi connectivity index (χ2v) is 9.44. The lowest BCUT2D eigenvalue weighted by Crippen LogP contribution is -2.47. The maximum absolute atomic E-state index is 12.7. The first-order chi connectivity index (χ1) is 10.5. The zero-order valence-electron chi connectivity index (χ0n) is 14.8. The van der Waals surface area contributed by atoms with Crippen molar-refractivity contribution in [2.24, 2.45) is 0 Å². The summed E-state index contributed by atoms with van der Waals surface area (Å²) in [5, 5.41) is 1.02. The molecule has 2 atom stereocenters. The number of nitrogens with one attached hydrogen (secondary N) is 1. The van der Waals surface area contributed by atoms with E-state index in [2.05, 4.69) is 30.7 Å². The summed E-state index contributed by atoms with van der Waals surface area (Å²) in [6.45, 7) is 9.97. The second-order valence-electron chi connectivity index (χ2n) is 7.54. The van der Waals surface area contributed by atoms with Gasteiger partial charge in [0.05, 0.1) is 12.6 Å². The van der Waals surface area contributed by atoms with E-state index in [-0.39, 0.29) is 12.6 Å². The van der Waals surface area contributed by atoms with Crippen LogP contribution in [0.2, 0.25) is 0 Å². The van der Waals surface area contributed by atoms with Crippen LogP contribution in [0.15, 0.2) is 24.3 Å². The molecular formula is C17H28N2O3S. The molecule has 0 spiro atoms. The fraction of sp³-hybridized carbons (Fsp3) is 0.647. The average molecular weight is 340 g/mol. The van der Waals surface area contributed by atoms with E-state index in [1.54, 1.807) is 12.1 Å². The Morgan fingerprint density at radius 3 is 2.26 bits per heavy atom. The summed E-state index contributed by atoms with van der Waals surface area (Å²) < 4.78 is 28.2. The van der Waals surface area contributed by atoms with Crippen LogP contribution >= 0.6 is 0 Å². The van der Waals surface area contributed by atoms with Gasteiger partial charge in [-0.05, 0) is 37.8 Å². The fourth-order valence-corrected chi connectivity index (χ4v) is 4.77. The summed E-state index contributed by atoms with van der Waals surface area (Å²) in [6, 6.07) is 7.83. The van der Waals surface area contributed by atoms with Gasteiger partial charge in [-0.3, -0.25) is 4.84 Å². The van der Waals surface area contributed by atoms with Crippen LogP contribution in [0, 0.1) is 0 Å². The maximum atomic E-state index is 12.7. The highest BCUT2D eigenvalue weighted by Gasteiger charge is 2.44. The average Bonchev–Trinajstić information content (AvgIpc) is 2.79.